The monoisotopic (exact) mass is 446 g/mol. The van der Waals surface area contributed by atoms with Crippen molar-refractivity contribution in [1.82, 2.24) is 10.2 Å². The van der Waals surface area contributed by atoms with E-state index in [4.69, 9.17) is 23.2 Å². The molecule has 6 nitrogen and oxygen atoms in total. The van der Waals surface area contributed by atoms with Crippen LogP contribution in [0, 0.1) is 6.92 Å². The number of aryl methyl sites for hydroxylation is 1. The lowest BCUT2D eigenvalue weighted by Crippen LogP contribution is -2.24. The molecular weight excluding hydrogens is 431 g/mol. The van der Waals surface area contributed by atoms with Crippen LogP contribution in [-0.2, 0) is 4.79 Å². The van der Waals surface area contributed by atoms with E-state index in [9.17, 15) is 9.59 Å². The molecule has 0 spiro atoms. The minimum atomic E-state index is -0.391. The summed E-state index contributed by atoms with van der Waals surface area (Å²) in [6.07, 6.45) is 0.361. The predicted octanol–water partition coefficient (Wildman–Crippen LogP) is 4.93. The molecule has 0 radical (unpaired) electrons. The van der Waals surface area contributed by atoms with E-state index in [1.165, 1.54) is 17.4 Å². The number of carbonyl (C=O) groups is 2. The molecular formula is C20H16Cl2N4O2S. The van der Waals surface area contributed by atoms with Crippen LogP contribution >= 0.6 is 34.5 Å². The van der Waals surface area contributed by atoms with E-state index in [-0.39, 0.29) is 16.8 Å². The smallest absolute Gasteiger partial charge is 0.259 e. The largest absolute Gasteiger partial charge is 0.312 e. The van der Waals surface area contributed by atoms with Gasteiger partial charge in [-0.2, -0.15) is 0 Å². The van der Waals surface area contributed by atoms with Gasteiger partial charge in [0.25, 0.3) is 5.91 Å². The number of hydrogen-bond acceptors (Lipinski definition) is 5. The van der Waals surface area contributed by atoms with E-state index < -0.39 is 5.91 Å². The Morgan fingerprint density at radius 2 is 1.93 bits per heavy atom. The van der Waals surface area contributed by atoms with Gasteiger partial charge in [0.2, 0.25) is 11.0 Å². The maximum Gasteiger partial charge on any atom is 0.259 e. The summed E-state index contributed by atoms with van der Waals surface area (Å²) in [6.45, 7) is 2.54. The maximum atomic E-state index is 12.5. The lowest BCUT2D eigenvalue weighted by molar-refractivity contribution is -0.117. The third-order valence-electron chi connectivity index (χ3n) is 4.66. The highest BCUT2D eigenvalue weighted by molar-refractivity contribution is 7.15. The van der Waals surface area contributed by atoms with Crippen LogP contribution in [0.3, 0.4) is 0 Å². The molecule has 29 heavy (non-hydrogen) atoms. The SMILES string of the molecule is Cc1ccc(N2CC(c3nnc(NC(=O)c4ccc(Cl)cc4Cl)s3)CC2=O)cc1. The van der Waals surface area contributed by atoms with Crippen molar-refractivity contribution in [3.8, 4) is 0 Å². The molecule has 1 saturated heterocycles. The van der Waals surface area contributed by atoms with Crippen molar-refractivity contribution in [2.24, 2.45) is 0 Å². The maximum absolute atomic E-state index is 12.5. The second kappa shape index (κ2) is 8.10. The molecule has 4 rings (SSSR count). The standard InChI is InChI=1S/C20H16Cl2N4O2S/c1-11-2-5-14(6-3-11)26-10-12(8-17(26)27)19-24-25-20(29-19)23-18(28)15-7-4-13(21)9-16(15)22/h2-7,9,12H,8,10H2,1H3,(H,23,25,28). The molecule has 1 unspecified atom stereocenters. The Labute approximate surface area is 181 Å². The van der Waals surface area contributed by atoms with Crippen LogP contribution < -0.4 is 10.2 Å². The van der Waals surface area contributed by atoms with Gasteiger partial charge >= 0.3 is 0 Å². The number of amides is 2. The highest BCUT2D eigenvalue weighted by atomic mass is 35.5. The summed E-state index contributed by atoms with van der Waals surface area (Å²) < 4.78 is 0. The summed E-state index contributed by atoms with van der Waals surface area (Å²) in [6, 6.07) is 12.5. The summed E-state index contributed by atoms with van der Waals surface area (Å²) in [5.74, 6) is -0.406. The molecule has 3 aromatic rings. The van der Waals surface area contributed by atoms with Crippen LogP contribution in [-0.4, -0.2) is 28.6 Å². The molecule has 1 fully saturated rings. The second-order valence-electron chi connectivity index (χ2n) is 6.76. The zero-order valence-electron chi connectivity index (χ0n) is 15.4. The molecule has 1 atom stereocenters. The van der Waals surface area contributed by atoms with E-state index in [1.54, 1.807) is 17.0 Å². The summed E-state index contributed by atoms with van der Waals surface area (Å²) in [5, 5.41) is 12.7. The number of benzene rings is 2. The van der Waals surface area contributed by atoms with Gasteiger partial charge in [-0.3, -0.25) is 14.9 Å². The van der Waals surface area contributed by atoms with Gasteiger partial charge in [-0.15, -0.1) is 10.2 Å². The highest BCUT2D eigenvalue weighted by Gasteiger charge is 2.34. The summed E-state index contributed by atoms with van der Waals surface area (Å²) >= 11 is 13.2. The van der Waals surface area contributed by atoms with E-state index in [1.807, 2.05) is 31.2 Å². The first-order valence-electron chi connectivity index (χ1n) is 8.87. The van der Waals surface area contributed by atoms with Gasteiger partial charge in [0, 0.05) is 29.6 Å². The molecule has 1 aliphatic heterocycles. The fourth-order valence-corrected chi connectivity index (χ4v) is 4.46. The van der Waals surface area contributed by atoms with Gasteiger partial charge in [0.15, 0.2) is 0 Å². The Hall–Kier alpha value is -2.48. The normalized spacial score (nSPS) is 16.3. The Kier molecular flexibility index (Phi) is 5.54. The van der Waals surface area contributed by atoms with E-state index in [0.717, 1.165) is 11.3 Å². The van der Waals surface area contributed by atoms with E-state index >= 15 is 0 Å². The zero-order chi connectivity index (χ0) is 20.5. The third-order valence-corrected chi connectivity index (χ3v) is 6.21. The van der Waals surface area contributed by atoms with E-state index in [0.29, 0.717) is 33.7 Å². The van der Waals surface area contributed by atoms with Crippen molar-refractivity contribution >= 4 is 57.2 Å². The first-order chi connectivity index (χ1) is 13.9. The highest BCUT2D eigenvalue weighted by Crippen LogP contribution is 2.34. The molecule has 9 heteroatoms. The van der Waals surface area contributed by atoms with Crippen LogP contribution in [0.2, 0.25) is 10.0 Å². The summed E-state index contributed by atoms with van der Waals surface area (Å²) in [5.41, 5.74) is 2.31. The van der Waals surface area contributed by atoms with Crippen molar-refractivity contribution in [3.05, 3.63) is 68.6 Å². The molecule has 1 aromatic heterocycles. The molecule has 0 bridgehead atoms. The molecule has 148 valence electrons. The van der Waals surface area contributed by atoms with Crippen molar-refractivity contribution in [2.45, 2.75) is 19.3 Å². The summed E-state index contributed by atoms with van der Waals surface area (Å²) in [7, 11) is 0. The molecule has 2 amide bonds. The van der Waals surface area contributed by atoms with Crippen LogP contribution in [0.25, 0.3) is 0 Å². The molecule has 0 saturated carbocycles. The van der Waals surface area contributed by atoms with Crippen molar-refractivity contribution in [2.75, 3.05) is 16.8 Å². The number of nitrogens with one attached hydrogen (secondary N) is 1. The number of hydrogen-bond donors (Lipinski definition) is 1. The summed E-state index contributed by atoms with van der Waals surface area (Å²) in [4.78, 5) is 26.7. The zero-order valence-corrected chi connectivity index (χ0v) is 17.7. The van der Waals surface area contributed by atoms with Crippen molar-refractivity contribution in [3.63, 3.8) is 0 Å². The molecule has 2 heterocycles. The fourth-order valence-electron chi connectivity index (χ4n) is 3.14. The quantitative estimate of drug-likeness (QED) is 0.616. The van der Waals surface area contributed by atoms with Crippen molar-refractivity contribution < 1.29 is 9.59 Å². The minimum absolute atomic E-state index is 0.0487. The van der Waals surface area contributed by atoms with Crippen molar-refractivity contribution in [1.29, 1.82) is 0 Å². The lowest BCUT2D eigenvalue weighted by Gasteiger charge is -2.16. The van der Waals surface area contributed by atoms with Gasteiger partial charge < -0.3 is 4.90 Å². The predicted molar refractivity (Wildman–Crippen MR) is 115 cm³/mol. The van der Waals surface area contributed by atoms with E-state index in [2.05, 4.69) is 15.5 Å². The number of halogens is 2. The first kappa shape index (κ1) is 19.8. The average Bonchev–Trinajstić information content (AvgIpc) is 3.29. The molecule has 1 N–H and O–H groups in total. The van der Waals surface area contributed by atoms with Crippen LogP contribution in [0.4, 0.5) is 10.8 Å². The second-order valence-corrected chi connectivity index (χ2v) is 8.62. The Morgan fingerprint density at radius 3 is 2.66 bits per heavy atom. The average molecular weight is 447 g/mol. The van der Waals surface area contributed by atoms with Crippen LogP contribution in [0.5, 0.6) is 0 Å². The number of anilines is 2. The number of rotatable bonds is 4. The Morgan fingerprint density at radius 1 is 1.17 bits per heavy atom. The van der Waals surface area contributed by atoms with Gasteiger partial charge in [-0.25, -0.2) is 0 Å². The first-order valence-corrected chi connectivity index (χ1v) is 10.4. The Bertz CT molecular complexity index is 1080. The molecule has 0 aliphatic carbocycles. The Balaban J connectivity index is 1.46. The van der Waals surface area contributed by atoms with Gasteiger partial charge in [0.05, 0.1) is 10.6 Å². The van der Waals surface area contributed by atoms with Gasteiger partial charge in [-0.05, 0) is 37.3 Å². The lowest BCUT2D eigenvalue weighted by atomic mass is 10.1. The third kappa shape index (κ3) is 4.27. The fraction of sp³-hybridized carbons (Fsp3) is 0.200. The van der Waals surface area contributed by atoms with Crippen LogP contribution in [0.15, 0.2) is 42.5 Å². The van der Waals surface area contributed by atoms with Gasteiger partial charge in [0.1, 0.15) is 5.01 Å². The number of nitrogens with zero attached hydrogens (tertiary/aromatic N) is 3. The topological polar surface area (TPSA) is 75.2 Å². The molecule has 1 aliphatic rings. The van der Waals surface area contributed by atoms with Gasteiger partial charge in [-0.1, -0.05) is 52.2 Å². The number of carbonyl (C=O) groups excluding carboxylic acids is 2. The number of aromatic nitrogens is 2. The molecule has 2 aromatic carbocycles. The van der Waals surface area contributed by atoms with Crippen LogP contribution in [0.1, 0.15) is 33.3 Å². The minimum Gasteiger partial charge on any atom is -0.312 e.